The molecule has 1 fully saturated rings. The zero-order chi connectivity index (χ0) is 13.2. The Morgan fingerprint density at radius 2 is 2.05 bits per heavy atom. The molecule has 1 aliphatic heterocycles. The standard InChI is InChI=1S/C16H21NO2/c1-2-17-11-12-10-14(8-9-15(12)16(17)18)19-13-6-4-3-5-7-13/h8-10,13H,2-7,11H2,1H3. The van der Waals surface area contributed by atoms with Crippen molar-refractivity contribution in [1.29, 1.82) is 0 Å². The molecule has 1 aromatic carbocycles. The van der Waals surface area contributed by atoms with Gasteiger partial charge in [0, 0.05) is 18.7 Å². The molecule has 1 amide bonds. The lowest BCUT2D eigenvalue weighted by atomic mass is 9.98. The summed E-state index contributed by atoms with van der Waals surface area (Å²) in [6.45, 7) is 3.52. The molecule has 0 saturated heterocycles. The van der Waals surface area contributed by atoms with Gasteiger partial charge in [0.25, 0.3) is 5.91 Å². The Morgan fingerprint density at radius 3 is 2.79 bits per heavy atom. The van der Waals surface area contributed by atoms with E-state index in [1.54, 1.807) is 0 Å². The molecule has 1 aliphatic carbocycles. The van der Waals surface area contributed by atoms with E-state index in [2.05, 4.69) is 6.07 Å². The van der Waals surface area contributed by atoms with Crippen LogP contribution in [-0.4, -0.2) is 23.5 Å². The van der Waals surface area contributed by atoms with Gasteiger partial charge in [0.15, 0.2) is 0 Å². The van der Waals surface area contributed by atoms with E-state index in [0.717, 1.165) is 42.8 Å². The monoisotopic (exact) mass is 259 g/mol. The molecule has 0 N–H and O–H groups in total. The van der Waals surface area contributed by atoms with Crippen molar-refractivity contribution in [1.82, 2.24) is 4.90 Å². The highest BCUT2D eigenvalue weighted by Gasteiger charge is 2.26. The molecule has 19 heavy (non-hydrogen) atoms. The Morgan fingerprint density at radius 1 is 1.26 bits per heavy atom. The van der Waals surface area contributed by atoms with Crippen molar-refractivity contribution in [2.24, 2.45) is 0 Å². The van der Waals surface area contributed by atoms with Gasteiger partial charge in [0.05, 0.1) is 6.10 Å². The number of nitrogens with zero attached hydrogens (tertiary/aromatic N) is 1. The molecule has 3 heteroatoms. The fraction of sp³-hybridized carbons (Fsp3) is 0.562. The summed E-state index contributed by atoms with van der Waals surface area (Å²) in [6.07, 6.45) is 6.58. The predicted octanol–water partition coefficient (Wildman–Crippen LogP) is 3.37. The van der Waals surface area contributed by atoms with E-state index in [0.29, 0.717) is 6.10 Å². The van der Waals surface area contributed by atoms with Gasteiger partial charge in [-0.1, -0.05) is 6.42 Å². The summed E-state index contributed by atoms with van der Waals surface area (Å²) < 4.78 is 6.05. The van der Waals surface area contributed by atoms with E-state index in [9.17, 15) is 4.79 Å². The Kier molecular flexibility index (Phi) is 3.45. The number of rotatable bonds is 3. The van der Waals surface area contributed by atoms with Gasteiger partial charge in [-0.05, 0) is 56.4 Å². The SMILES string of the molecule is CCN1Cc2cc(OC3CCCCC3)ccc2C1=O. The largest absolute Gasteiger partial charge is 0.490 e. The fourth-order valence-electron chi connectivity index (χ4n) is 3.06. The minimum atomic E-state index is 0.154. The van der Waals surface area contributed by atoms with Crippen molar-refractivity contribution in [2.75, 3.05) is 6.54 Å². The molecule has 0 unspecified atom stereocenters. The average molecular weight is 259 g/mol. The molecule has 2 aliphatic rings. The lowest BCUT2D eigenvalue weighted by Crippen LogP contribution is -2.22. The van der Waals surface area contributed by atoms with Crippen LogP contribution in [0.2, 0.25) is 0 Å². The number of fused-ring (bicyclic) bond motifs is 1. The fourth-order valence-corrected chi connectivity index (χ4v) is 3.06. The summed E-state index contributed by atoms with van der Waals surface area (Å²) in [5.74, 6) is 1.08. The summed E-state index contributed by atoms with van der Waals surface area (Å²) >= 11 is 0. The molecule has 1 heterocycles. The Bertz CT molecular complexity index is 478. The number of ether oxygens (including phenoxy) is 1. The molecular weight excluding hydrogens is 238 g/mol. The van der Waals surface area contributed by atoms with Gasteiger partial charge >= 0.3 is 0 Å². The van der Waals surface area contributed by atoms with E-state index in [-0.39, 0.29) is 5.91 Å². The van der Waals surface area contributed by atoms with Gasteiger partial charge in [0.2, 0.25) is 0 Å². The third-order valence-corrected chi connectivity index (χ3v) is 4.19. The first-order chi connectivity index (χ1) is 9.28. The molecular formula is C16H21NO2. The van der Waals surface area contributed by atoms with Crippen molar-refractivity contribution in [2.45, 2.75) is 51.7 Å². The third-order valence-electron chi connectivity index (χ3n) is 4.19. The van der Waals surface area contributed by atoms with Crippen LogP contribution in [0.25, 0.3) is 0 Å². The second kappa shape index (κ2) is 5.24. The predicted molar refractivity (Wildman–Crippen MR) is 74.4 cm³/mol. The summed E-state index contributed by atoms with van der Waals surface area (Å²) in [5, 5.41) is 0. The number of carbonyl (C=O) groups is 1. The van der Waals surface area contributed by atoms with Gasteiger partial charge in [-0.3, -0.25) is 4.79 Å². The number of amides is 1. The summed E-state index contributed by atoms with van der Waals surface area (Å²) in [6, 6.07) is 5.92. The molecule has 0 radical (unpaired) electrons. The Balaban J connectivity index is 1.74. The van der Waals surface area contributed by atoms with Crippen molar-refractivity contribution < 1.29 is 9.53 Å². The minimum Gasteiger partial charge on any atom is -0.490 e. The quantitative estimate of drug-likeness (QED) is 0.833. The van der Waals surface area contributed by atoms with Crippen molar-refractivity contribution in [3.8, 4) is 5.75 Å². The van der Waals surface area contributed by atoms with Crippen LogP contribution in [0.4, 0.5) is 0 Å². The topological polar surface area (TPSA) is 29.5 Å². The van der Waals surface area contributed by atoms with Crippen molar-refractivity contribution in [3.05, 3.63) is 29.3 Å². The number of hydrogen-bond donors (Lipinski definition) is 0. The maximum absolute atomic E-state index is 12.0. The summed E-state index contributed by atoms with van der Waals surface area (Å²) in [5.41, 5.74) is 1.96. The molecule has 102 valence electrons. The molecule has 3 nitrogen and oxygen atoms in total. The van der Waals surface area contributed by atoms with E-state index >= 15 is 0 Å². The highest BCUT2D eigenvalue weighted by Crippen LogP contribution is 2.29. The third kappa shape index (κ3) is 2.46. The molecule has 3 rings (SSSR count). The zero-order valence-corrected chi connectivity index (χ0v) is 11.5. The van der Waals surface area contributed by atoms with E-state index in [1.165, 1.54) is 19.3 Å². The molecule has 0 aromatic heterocycles. The van der Waals surface area contributed by atoms with Crippen LogP contribution in [0.3, 0.4) is 0 Å². The molecule has 0 bridgehead atoms. The summed E-state index contributed by atoms with van der Waals surface area (Å²) in [4.78, 5) is 13.9. The van der Waals surface area contributed by atoms with Gasteiger partial charge in [0.1, 0.15) is 5.75 Å². The van der Waals surface area contributed by atoms with Crippen LogP contribution in [0.15, 0.2) is 18.2 Å². The average Bonchev–Trinajstić information content (AvgIpc) is 2.76. The number of carbonyl (C=O) groups excluding carboxylic acids is 1. The normalized spacial score (nSPS) is 19.6. The van der Waals surface area contributed by atoms with Crippen LogP contribution in [0.5, 0.6) is 5.75 Å². The number of benzene rings is 1. The van der Waals surface area contributed by atoms with Crippen molar-refractivity contribution in [3.63, 3.8) is 0 Å². The minimum absolute atomic E-state index is 0.154. The highest BCUT2D eigenvalue weighted by molar-refractivity contribution is 5.98. The van der Waals surface area contributed by atoms with Gasteiger partial charge in [-0.25, -0.2) is 0 Å². The molecule has 1 aromatic rings. The lowest BCUT2D eigenvalue weighted by Gasteiger charge is -2.23. The molecule has 1 saturated carbocycles. The van der Waals surface area contributed by atoms with Crippen LogP contribution in [0.1, 0.15) is 54.9 Å². The van der Waals surface area contributed by atoms with Gasteiger partial charge in [-0.2, -0.15) is 0 Å². The van der Waals surface area contributed by atoms with E-state index in [4.69, 9.17) is 4.74 Å². The van der Waals surface area contributed by atoms with Crippen molar-refractivity contribution >= 4 is 5.91 Å². The Hall–Kier alpha value is -1.51. The zero-order valence-electron chi connectivity index (χ0n) is 11.5. The van der Waals surface area contributed by atoms with Crippen LogP contribution in [-0.2, 0) is 6.54 Å². The lowest BCUT2D eigenvalue weighted by molar-refractivity contribution is 0.0787. The maximum Gasteiger partial charge on any atom is 0.254 e. The van der Waals surface area contributed by atoms with E-state index in [1.807, 2.05) is 24.0 Å². The Labute approximate surface area is 114 Å². The number of hydrogen-bond acceptors (Lipinski definition) is 2. The van der Waals surface area contributed by atoms with E-state index < -0.39 is 0 Å². The van der Waals surface area contributed by atoms with Crippen LogP contribution < -0.4 is 4.74 Å². The second-order valence-corrected chi connectivity index (χ2v) is 5.52. The first-order valence-electron chi connectivity index (χ1n) is 7.37. The maximum atomic E-state index is 12.0. The van der Waals surface area contributed by atoms with Crippen LogP contribution >= 0.6 is 0 Å². The molecule has 0 spiro atoms. The first kappa shape index (κ1) is 12.5. The van der Waals surface area contributed by atoms with Gasteiger partial charge < -0.3 is 9.64 Å². The van der Waals surface area contributed by atoms with Crippen LogP contribution in [0, 0.1) is 0 Å². The van der Waals surface area contributed by atoms with Gasteiger partial charge in [-0.15, -0.1) is 0 Å². The highest BCUT2D eigenvalue weighted by atomic mass is 16.5. The smallest absolute Gasteiger partial charge is 0.254 e. The second-order valence-electron chi connectivity index (χ2n) is 5.52. The summed E-state index contributed by atoms with van der Waals surface area (Å²) in [7, 11) is 0. The first-order valence-corrected chi connectivity index (χ1v) is 7.37. The molecule has 0 atom stereocenters.